The summed E-state index contributed by atoms with van der Waals surface area (Å²) >= 11 is 1.41. The molecule has 0 saturated carbocycles. The minimum Gasteiger partial charge on any atom is -0.339 e. The van der Waals surface area contributed by atoms with Crippen LogP contribution in [-0.4, -0.2) is 76.8 Å². The predicted octanol–water partition coefficient (Wildman–Crippen LogP) is 6.15. The molecule has 6 nitrogen and oxygen atoms in total. The summed E-state index contributed by atoms with van der Waals surface area (Å²) in [5.41, 5.74) is 0. The van der Waals surface area contributed by atoms with Crippen molar-refractivity contribution in [2.75, 3.05) is 39.3 Å². The Morgan fingerprint density at radius 2 is 1.47 bits per heavy atom. The molecule has 0 atom stereocenters. The molecule has 3 rings (SSSR count). The van der Waals surface area contributed by atoms with Crippen molar-refractivity contribution in [1.29, 1.82) is 0 Å². The predicted molar refractivity (Wildman–Crippen MR) is 149 cm³/mol. The van der Waals surface area contributed by atoms with E-state index in [-0.39, 0.29) is 5.91 Å². The van der Waals surface area contributed by atoms with Crippen molar-refractivity contribution >= 4 is 23.2 Å². The number of nitrogens with zero attached hydrogens (tertiary/aromatic N) is 4. The first-order chi connectivity index (χ1) is 17.7. The van der Waals surface area contributed by atoms with Crippen molar-refractivity contribution in [2.45, 2.75) is 103 Å². The lowest BCUT2D eigenvalue weighted by Crippen LogP contribution is -2.64. The van der Waals surface area contributed by atoms with Gasteiger partial charge in [0, 0.05) is 63.3 Å². The molecule has 1 aromatic rings. The van der Waals surface area contributed by atoms with Gasteiger partial charge in [0.25, 0.3) is 5.91 Å². The molecule has 1 aromatic heterocycles. The van der Waals surface area contributed by atoms with E-state index in [4.69, 9.17) is 0 Å². The van der Waals surface area contributed by atoms with Crippen LogP contribution in [0.5, 0.6) is 0 Å². The minimum atomic E-state index is 0.0510. The van der Waals surface area contributed by atoms with Gasteiger partial charge in [0.2, 0.25) is 5.91 Å². The van der Waals surface area contributed by atoms with Crippen molar-refractivity contribution < 1.29 is 9.59 Å². The molecule has 0 N–H and O–H groups in total. The molecule has 3 heterocycles. The van der Waals surface area contributed by atoms with E-state index in [2.05, 4.69) is 29.0 Å². The van der Waals surface area contributed by atoms with Crippen LogP contribution >= 0.6 is 11.3 Å². The standard InChI is InChI=1S/C29H48N4O2S/c1-2-3-4-5-6-7-8-9-10-11-12-13-14-15-16-17-27(34)33-24-26(25-33)31-19-21-32(22-20-31)29(35)28-30-18-23-36-28/h9-10,18,23,26H,2-8,11-17,19-22,24-25H2,1H3/b10-9+. The van der Waals surface area contributed by atoms with Crippen LogP contribution < -0.4 is 0 Å². The maximum atomic E-state index is 12.5. The third kappa shape index (κ3) is 9.97. The van der Waals surface area contributed by atoms with Crippen LogP contribution in [0.1, 0.15) is 107 Å². The van der Waals surface area contributed by atoms with Gasteiger partial charge >= 0.3 is 0 Å². The fourth-order valence-corrected chi connectivity index (χ4v) is 5.75. The van der Waals surface area contributed by atoms with Crippen LogP contribution in [0.3, 0.4) is 0 Å². The second-order valence-corrected chi connectivity index (χ2v) is 11.3. The third-order valence-electron chi connectivity index (χ3n) is 7.60. The summed E-state index contributed by atoms with van der Waals surface area (Å²) in [6.07, 6.45) is 23.8. The molecule has 2 aliphatic rings. The Balaban J connectivity index is 1.12. The Morgan fingerprint density at radius 1 is 0.861 bits per heavy atom. The highest BCUT2D eigenvalue weighted by Gasteiger charge is 2.36. The topological polar surface area (TPSA) is 56.8 Å². The van der Waals surface area contributed by atoms with Crippen LogP contribution in [0.15, 0.2) is 23.7 Å². The molecule has 0 aliphatic carbocycles. The smallest absolute Gasteiger partial charge is 0.282 e. The van der Waals surface area contributed by atoms with Crippen molar-refractivity contribution in [2.24, 2.45) is 0 Å². The third-order valence-corrected chi connectivity index (χ3v) is 8.36. The average Bonchev–Trinajstić information content (AvgIpc) is 3.40. The summed E-state index contributed by atoms with van der Waals surface area (Å²) in [7, 11) is 0. The maximum absolute atomic E-state index is 12.5. The van der Waals surface area contributed by atoms with Gasteiger partial charge in [-0.05, 0) is 32.1 Å². The van der Waals surface area contributed by atoms with Gasteiger partial charge in [0.1, 0.15) is 0 Å². The molecule has 0 radical (unpaired) electrons. The maximum Gasteiger partial charge on any atom is 0.282 e. The number of rotatable bonds is 17. The molecule has 2 fully saturated rings. The van der Waals surface area contributed by atoms with E-state index in [1.807, 2.05) is 15.2 Å². The molecule has 202 valence electrons. The number of allylic oxidation sites excluding steroid dienone is 2. The summed E-state index contributed by atoms with van der Waals surface area (Å²) in [6, 6.07) is 0.458. The van der Waals surface area contributed by atoms with Crippen molar-refractivity contribution in [1.82, 2.24) is 19.7 Å². The van der Waals surface area contributed by atoms with Crippen molar-refractivity contribution in [3.63, 3.8) is 0 Å². The van der Waals surface area contributed by atoms with Gasteiger partial charge in [-0.1, -0.05) is 70.4 Å². The van der Waals surface area contributed by atoms with Crippen LogP contribution in [0.2, 0.25) is 0 Å². The van der Waals surface area contributed by atoms with Crippen molar-refractivity contribution in [3.05, 3.63) is 28.7 Å². The van der Waals surface area contributed by atoms with Gasteiger partial charge in [-0.2, -0.15) is 0 Å². The molecule has 2 aliphatic heterocycles. The molecule has 7 heteroatoms. The van der Waals surface area contributed by atoms with Gasteiger partial charge < -0.3 is 9.80 Å². The first kappa shape index (κ1) is 28.8. The first-order valence-corrected chi connectivity index (χ1v) is 15.4. The van der Waals surface area contributed by atoms with E-state index in [0.29, 0.717) is 23.4 Å². The van der Waals surface area contributed by atoms with Gasteiger partial charge in [0.15, 0.2) is 5.01 Å². The van der Waals surface area contributed by atoms with E-state index in [0.717, 1.165) is 45.7 Å². The number of piperazine rings is 1. The SMILES string of the molecule is CCCCCCCC/C=C/CCCCCCCC(=O)N1CC(N2CCN(C(=O)c3nccs3)CC2)C1. The molecular weight excluding hydrogens is 468 g/mol. The Bertz CT molecular complexity index is 768. The Labute approximate surface area is 223 Å². The number of hydrogen-bond acceptors (Lipinski definition) is 5. The zero-order valence-electron chi connectivity index (χ0n) is 22.5. The van der Waals surface area contributed by atoms with E-state index in [1.165, 1.54) is 88.4 Å². The molecule has 36 heavy (non-hydrogen) atoms. The van der Waals surface area contributed by atoms with Crippen LogP contribution in [0.25, 0.3) is 0 Å². The highest BCUT2D eigenvalue weighted by Crippen LogP contribution is 2.20. The zero-order chi connectivity index (χ0) is 25.4. The summed E-state index contributed by atoms with van der Waals surface area (Å²) in [5.74, 6) is 0.372. The lowest BCUT2D eigenvalue weighted by molar-refractivity contribution is -0.139. The Kier molecular flexibility index (Phi) is 13.5. The quantitative estimate of drug-likeness (QED) is 0.184. The first-order valence-electron chi connectivity index (χ1n) is 14.5. The number of thiazole rings is 1. The number of carbonyl (C=O) groups excluding carboxylic acids is 2. The monoisotopic (exact) mass is 516 g/mol. The largest absolute Gasteiger partial charge is 0.339 e. The number of likely N-dealkylation sites (tertiary alicyclic amines) is 1. The van der Waals surface area contributed by atoms with Crippen LogP contribution in [0.4, 0.5) is 0 Å². The van der Waals surface area contributed by atoms with Crippen LogP contribution in [-0.2, 0) is 4.79 Å². The fourth-order valence-electron chi connectivity index (χ4n) is 5.15. The number of amides is 2. The minimum absolute atomic E-state index is 0.0510. The molecular formula is C29H48N4O2S. The number of unbranched alkanes of at least 4 members (excludes halogenated alkanes) is 11. The fraction of sp³-hybridized carbons (Fsp3) is 0.759. The molecule has 0 spiro atoms. The lowest BCUT2D eigenvalue weighted by atomic mass is 10.0. The molecule has 2 amide bonds. The summed E-state index contributed by atoms with van der Waals surface area (Å²) in [5, 5.41) is 2.43. The molecule has 2 saturated heterocycles. The van der Waals surface area contributed by atoms with E-state index in [1.54, 1.807) is 6.20 Å². The summed E-state index contributed by atoms with van der Waals surface area (Å²) < 4.78 is 0. The number of aromatic nitrogens is 1. The van der Waals surface area contributed by atoms with Gasteiger partial charge in [0.05, 0.1) is 0 Å². The van der Waals surface area contributed by atoms with E-state index >= 15 is 0 Å². The van der Waals surface area contributed by atoms with E-state index < -0.39 is 0 Å². The molecule has 0 bridgehead atoms. The normalized spacial score (nSPS) is 17.1. The average molecular weight is 517 g/mol. The van der Waals surface area contributed by atoms with Crippen LogP contribution in [0, 0.1) is 0 Å². The second kappa shape index (κ2) is 16.9. The Hall–Kier alpha value is -1.73. The van der Waals surface area contributed by atoms with Gasteiger partial charge in [-0.15, -0.1) is 11.3 Å². The highest BCUT2D eigenvalue weighted by molar-refractivity contribution is 7.11. The summed E-state index contributed by atoms with van der Waals surface area (Å²) in [6.45, 7) is 7.24. The summed E-state index contributed by atoms with van der Waals surface area (Å²) in [4.78, 5) is 35.5. The van der Waals surface area contributed by atoms with Gasteiger partial charge in [-0.3, -0.25) is 14.5 Å². The number of hydrogen-bond donors (Lipinski definition) is 0. The van der Waals surface area contributed by atoms with E-state index in [9.17, 15) is 9.59 Å². The lowest BCUT2D eigenvalue weighted by Gasteiger charge is -2.48. The number of carbonyl (C=O) groups is 2. The highest BCUT2D eigenvalue weighted by atomic mass is 32.1. The van der Waals surface area contributed by atoms with Gasteiger partial charge in [-0.25, -0.2) is 4.98 Å². The second-order valence-electron chi connectivity index (χ2n) is 10.5. The molecule has 0 unspecified atom stereocenters. The zero-order valence-corrected chi connectivity index (χ0v) is 23.4. The van der Waals surface area contributed by atoms with Crippen molar-refractivity contribution in [3.8, 4) is 0 Å². The Morgan fingerprint density at radius 3 is 2.08 bits per heavy atom. The molecule has 0 aromatic carbocycles.